The van der Waals surface area contributed by atoms with Crippen molar-refractivity contribution in [1.29, 1.82) is 0 Å². The third-order valence-electron chi connectivity index (χ3n) is 3.03. The van der Waals surface area contributed by atoms with E-state index in [0.29, 0.717) is 18.1 Å². The molecule has 0 aliphatic carbocycles. The number of rotatable bonds is 6. The molecule has 0 spiro atoms. The van der Waals surface area contributed by atoms with E-state index in [1.54, 1.807) is 4.57 Å². The smallest absolute Gasteiger partial charge is 0.343 e. The molecule has 2 rings (SSSR count). The number of benzene rings is 1. The summed E-state index contributed by atoms with van der Waals surface area (Å²) < 4.78 is 1.64. The maximum absolute atomic E-state index is 11.6. The monoisotopic (exact) mass is 293 g/mol. The largest absolute Gasteiger partial charge is 0.388 e. The second-order valence-electron chi connectivity index (χ2n) is 4.56. The maximum atomic E-state index is 11.6. The van der Waals surface area contributed by atoms with Crippen LogP contribution in [0, 0.1) is 0 Å². The van der Waals surface area contributed by atoms with Crippen molar-refractivity contribution in [2.45, 2.75) is 49.4 Å². The van der Waals surface area contributed by atoms with Crippen molar-refractivity contribution >= 4 is 11.8 Å². The number of aromatic amines is 1. The number of H-pyrrole nitrogens is 1. The highest BCUT2D eigenvalue weighted by molar-refractivity contribution is 7.99. The molecule has 0 bridgehead atoms. The van der Waals surface area contributed by atoms with Crippen LogP contribution in [0.1, 0.15) is 38.4 Å². The first-order chi connectivity index (χ1) is 9.65. The molecule has 1 aromatic carbocycles. The van der Waals surface area contributed by atoms with E-state index in [1.165, 1.54) is 11.8 Å². The van der Waals surface area contributed by atoms with Crippen molar-refractivity contribution in [3.05, 3.63) is 40.3 Å². The fourth-order valence-electron chi connectivity index (χ4n) is 1.90. The van der Waals surface area contributed by atoms with E-state index in [9.17, 15) is 9.90 Å². The maximum Gasteiger partial charge on any atom is 0.343 e. The highest BCUT2D eigenvalue weighted by Gasteiger charge is 2.10. The molecule has 2 aromatic rings. The molecule has 0 aliphatic heterocycles. The minimum Gasteiger partial charge on any atom is -0.388 e. The van der Waals surface area contributed by atoms with Crippen LogP contribution in [0.15, 0.2) is 39.1 Å². The summed E-state index contributed by atoms with van der Waals surface area (Å²) >= 11 is 1.44. The van der Waals surface area contributed by atoms with Gasteiger partial charge >= 0.3 is 5.69 Å². The number of nitrogens with zero attached hydrogens (tertiary/aromatic N) is 2. The van der Waals surface area contributed by atoms with Gasteiger partial charge in [0.15, 0.2) is 5.16 Å². The zero-order chi connectivity index (χ0) is 14.5. The molecule has 0 saturated carbocycles. The average Bonchev–Trinajstić information content (AvgIpc) is 2.81. The average molecular weight is 293 g/mol. The fraction of sp³-hybridized carbons (Fsp3) is 0.429. The molecule has 1 atom stereocenters. The van der Waals surface area contributed by atoms with E-state index in [1.807, 2.05) is 38.1 Å². The Morgan fingerprint density at radius 3 is 2.65 bits per heavy atom. The van der Waals surface area contributed by atoms with Gasteiger partial charge in [-0.2, -0.15) is 0 Å². The summed E-state index contributed by atoms with van der Waals surface area (Å²) in [6, 6.07) is 7.69. The molecule has 0 fully saturated rings. The van der Waals surface area contributed by atoms with Gasteiger partial charge in [0.2, 0.25) is 0 Å². The van der Waals surface area contributed by atoms with Crippen LogP contribution in [-0.4, -0.2) is 19.9 Å². The Bertz CT molecular complexity index is 604. The number of nitrogens with one attached hydrogen (secondary N) is 1. The molecule has 1 aromatic heterocycles. The molecule has 5 nitrogen and oxygen atoms in total. The molecular weight excluding hydrogens is 274 g/mol. The summed E-state index contributed by atoms with van der Waals surface area (Å²) in [6.07, 6.45) is 1.16. The summed E-state index contributed by atoms with van der Waals surface area (Å²) in [6.45, 7) is 4.62. The van der Waals surface area contributed by atoms with Crippen LogP contribution >= 0.6 is 11.8 Å². The van der Waals surface area contributed by atoms with Crippen LogP contribution < -0.4 is 5.69 Å². The Hall–Kier alpha value is -1.53. The summed E-state index contributed by atoms with van der Waals surface area (Å²) in [5.41, 5.74) is 0.734. The van der Waals surface area contributed by atoms with E-state index >= 15 is 0 Å². The predicted octanol–water partition coefficient (Wildman–Crippen LogP) is 2.58. The summed E-state index contributed by atoms with van der Waals surface area (Å²) in [7, 11) is 0. The van der Waals surface area contributed by atoms with Gasteiger partial charge in [-0.05, 0) is 42.3 Å². The van der Waals surface area contributed by atoms with Gasteiger partial charge in [0, 0.05) is 11.4 Å². The SMILES string of the molecule is CCCn1c(Sc2ccc([C@H](O)CC)cc2)n[nH]c1=O. The molecule has 0 radical (unpaired) electrons. The van der Waals surface area contributed by atoms with E-state index < -0.39 is 6.10 Å². The van der Waals surface area contributed by atoms with Gasteiger partial charge in [-0.15, -0.1) is 5.10 Å². The first kappa shape index (κ1) is 14.9. The first-order valence-electron chi connectivity index (χ1n) is 6.76. The minimum absolute atomic E-state index is 0.174. The summed E-state index contributed by atoms with van der Waals surface area (Å²) in [5.74, 6) is 0. The number of aliphatic hydroxyl groups excluding tert-OH is 1. The van der Waals surface area contributed by atoms with Crippen molar-refractivity contribution in [2.24, 2.45) is 0 Å². The lowest BCUT2D eigenvalue weighted by Crippen LogP contribution is -2.17. The van der Waals surface area contributed by atoms with Crippen molar-refractivity contribution in [3.8, 4) is 0 Å². The first-order valence-corrected chi connectivity index (χ1v) is 7.58. The van der Waals surface area contributed by atoms with Gasteiger partial charge in [-0.1, -0.05) is 26.0 Å². The summed E-state index contributed by atoms with van der Waals surface area (Å²) in [5, 5.41) is 16.9. The van der Waals surface area contributed by atoms with Crippen LogP contribution in [0.25, 0.3) is 0 Å². The van der Waals surface area contributed by atoms with Gasteiger partial charge < -0.3 is 5.11 Å². The zero-order valence-corrected chi connectivity index (χ0v) is 12.5. The lowest BCUT2D eigenvalue weighted by Gasteiger charge is -2.08. The van der Waals surface area contributed by atoms with Crippen LogP contribution in [0.4, 0.5) is 0 Å². The van der Waals surface area contributed by atoms with Crippen LogP contribution in [0.3, 0.4) is 0 Å². The molecule has 0 amide bonds. The molecule has 0 saturated heterocycles. The highest BCUT2D eigenvalue weighted by Crippen LogP contribution is 2.27. The van der Waals surface area contributed by atoms with Gasteiger partial charge in [0.05, 0.1) is 6.10 Å². The number of aromatic nitrogens is 3. The second kappa shape index (κ2) is 6.76. The summed E-state index contributed by atoms with van der Waals surface area (Å²) in [4.78, 5) is 12.6. The zero-order valence-electron chi connectivity index (χ0n) is 11.7. The van der Waals surface area contributed by atoms with E-state index in [0.717, 1.165) is 16.9 Å². The lowest BCUT2D eigenvalue weighted by molar-refractivity contribution is 0.173. The van der Waals surface area contributed by atoms with Gasteiger partial charge in [-0.3, -0.25) is 4.57 Å². The lowest BCUT2D eigenvalue weighted by atomic mass is 10.1. The molecule has 0 aliphatic rings. The Morgan fingerprint density at radius 1 is 1.35 bits per heavy atom. The molecule has 108 valence electrons. The van der Waals surface area contributed by atoms with Crippen molar-refractivity contribution in [3.63, 3.8) is 0 Å². The Labute approximate surface area is 122 Å². The quantitative estimate of drug-likeness (QED) is 0.858. The molecule has 0 unspecified atom stereocenters. The Balaban J connectivity index is 2.16. The predicted molar refractivity (Wildman–Crippen MR) is 79.0 cm³/mol. The number of hydrogen-bond donors (Lipinski definition) is 2. The standard InChI is InChI=1S/C14H19N3O2S/c1-3-9-17-13(19)15-16-14(17)20-11-7-5-10(6-8-11)12(18)4-2/h5-8,12,18H,3-4,9H2,1-2H3,(H,15,19)/t12-/m1/s1. The molecule has 2 N–H and O–H groups in total. The van der Waals surface area contributed by atoms with Crippen LogP contribution in [-0.2, 0) is 6.54 Å². The normalized spacial score (nSPS) is 12.6. The topological polar surface area (TPSA) is 70.9 Å². The van der Waals surface area contributed by atoms with Gasteiger partial charge in [-0.25, -0.2) is 9.89 Å². The van der Waals surface area contributed by atoms with E-state index in [-0.39, 0.29) is 5.69 Å². The Morgan fingerprint density at radius 2 is 2.05 bits per heavy atom. The van der Waals surface area contributed by atoms with Crippen LogP contribution in [0.2, 0.25) is 0 Å². The highest BCUT2D eigenvalue weighted by atomic mass is 32.2. The van der Waals surface area contributed by atoms with E-state index in [2.05, 4.69) is 10.2 Å². The van der Waals surface area contributed by atoms with E-state index in [4.69, 9.17) is 0 Å². The molecular formula is C14H19N3O2S. The van der Waals surface area contributed by atoms with Crippen molar-refractivity contribution in [1.82, 2.24) is 14.8 Å². The van der Waals surface area contributed by atoms with Crippen molar-refractivity contribution < 1.29 is 5.11 Å². The molecule has 6 heteroatoms. The van der Waals surface area contributed by atoms with Gasteiger partial charge in [0.25, 0.3) is 0 Å². The fourth-order valence-corrected chi connectivity index (χ4v) is 2.76. The molecule has 20 heavy (non-hydrogen) atoms. The third kappa shape index (κ3) is 3.32. The minimum atomic E-state index is -0.419. The molecule has 1 heterocycles. The third-order valence-corrected chi connectivity index (χ3v) is 4.03. The number of hydrogen-bond acceptors (Lipinski definition) is 4. The number of aliphatic hydroxyl groups is 1. The Kier molecular flexibility index (Phi) is 5.03. The second-order valence-corrected chi connectivity index (χ2v) is 5.60. The van der Waals surface area contributed by atoms with Gasteiger partial charge in [0.1, 0.15) is 0 Å². The van der Waals surface area contributed by atoms with Crippen molar-refractivity contribution in [2.75, 3.05) is 0 Å². The van der Waals surface area contributed by atoms with Crippen LogP contribution in [0.5, 0.6) is 0 Å².